The van der Waals surface area contributed by atoms with Gasteiger partial charge in [0, 0.05) is 32.2 Å². The minimum absolute atomic E-state index is 0.442. The molecule has 4 nitrogen and oxygen atoms in total. The summed E-state index contributed by atoms with van der Waals surface area (Å²) in [5.74, 6) is 1.53. The maximum absolute atomic E-state index is 4.30. The van der Waals surface area contributed by atoms with Crippen molar-refractivity contribution in [2.24, 2.45) is 10.9 Å². The number of likely N-dealkylation sites (N-methyl/N-ethyl adjacent to an activating group) is 1. The molecule has 20 heavy (non-hydrogen) atoms. The van der Waals surface area contributed by atoms with Crippen LogP contribution in [0.2, 0.25) is 0 Å². The summed E-state index contributed by atoms with van der Waals surface area (Å²) in [7, 11) is 4.10. The van der Waals surface area contributed by atoms with E-state index in [-0.39, 0.29) is 0 Å². The third-order valence-electron chi connectivity index (χ3n) is 4.54. The van der Waals surface area contributed by atoms with Gasteiger partial charge in [0.2, 0.25) is 0 Å². The molecule has 1 aliphatic rings. The zero-order valence-corrected chi connectivity index (χ0v) is 14.1. The molecule has 1 saturated carbocycles. The van der Waals surface area contributed by atoms with Gasteiger partial charge in [-0.2, -0.15) is 0 Å². The Balaban J connectivity index is 2.23. The molecule has 1 atom stereocenters. The quantitative estimate of drug-likeness (QED) is 0.581. The predicted octanol–water partition coefficient (Wildman–Crippen LogP) is 2.46. The van der Waals surface area contributed by atoms with Gasteiger partial charge in [-0.25, -0.2) is 0 Å². The number of aliphatic imine (C=N–C) groups is 1. The first-order valence-corrected chi connectivity index (χ1v) is 8.22. The van der Waals surface area contributed by atoms with Gasteiger partial charge < -0.3 is 15.5 Å². The van der Waals surface area contributed by atoms with Crippen molar-refractivity contribution in [2.45, 2.75) is 65.0 Å². The summed E-state index contributed by atoms with van der Waals surface area (Å²) in [5, 5.41) is 6.86. The smallest absolute Gasteiger partial charge is 0.191 e. The van der Waals surface area contributed by atoms with E-state index in [1.807, 2.05) is 7.05 Å². The fourth-order valence-corrected chi connectivity index (χ4v) is 2.63. The number of nitrogens with zero attached hydrogens (tertiary/aromatic N) is 2. The number of rotatable bonds is 6. The first-order chi connectivity index (χ1) is 9.54. The second-order valence-electron chi connectivity index (χ2n) is 6.45. The van der Waals surface area contributed by atoms with E-state index in [4.69, 9.17) is 0 Å². The topological polar surface area (TPSA) is 39.7 Å². The van der Waals surface area contributed by atoms with E-state index in [0.717, 1.165) is 25.1 Å². The van der Waals surface area contributed by atoms with Crippen molar-refractivity contribution in [2.75, 3.05) is 27.2 Å². The Hall–Kier alpha value is -0.770. The Morgan fingerprint density at radius 1 is 1.20 bits per heavy atom. The van der Waals surface area contributed by atoms with E-state index in [9.17, 15) is 0 Å². The van der Waals surface area contributed by atoms with E-state index in [2.05, 4.69) is 48.3 Å². The summed E-state index contributed by atoms with van der Waals surface area (Å²) in [6, 6.07) is 1.23. The van der Waals surface area contributed by atoms with Gasteiger partial charge in [0.25, 0.3) is 0 Å². The van der Waals surface area contributed by atoms with Crippen LogP contribution < -0.4 is 10.6 Å². The van der Waals surface area contributed by atoms with Crippen LogP contribution in [0.3, 0.4) is 0 Å². The van der Waals surface area contributed by atoms with Crippen LogP contribution in [0.25, 0.3) is 0 Å². The maximum atomic E-state index is 4.30. The van der Waals surface area contributed by atoms with Crippen molar-refractivity contribution in [3.63, 3.8) is 0 Å². The number of hydrogen-bond donors (Lipinski definition) is 2. The number of nitrogens with one attached hydrogen (secondary N) is 2. The molecule has 0 aliphatic heterocycles. The van der Waals surface area contributed by atoms with Crippen LogP contribution in [0.15, 0.2) is 4.99 Å². The summed E-state index contributed by atoms with van der Waals surface area (Å²) in [5.41, 5.74) is 0. The highest BCUT2D eigenvalue weighted by atomic mass is 15.2. The van der Waals surface area contributed by atoms with Crippen molar-refractivity contribution in [3.05, 3.63) is 0 Å². The molecular formula is C16H34N4. The summed E-state index contributed by atoms with van der Waals surface area (Å²) in [6.07, 6.45) is 6.96. The Morgan fingerprint density at radius 3 is 2.40 bits per heavy atom. The molecule has 0 saturated heterocycles. The molecule has 0 amide bonds. The highest BCUT2D eigenvalue weighted by Gasteiger charge is 2.17. The Labute approximate surface area is 125 Å². The standard InChI is InChI=1S/C16H34N4/c1-13(2)14(3)19-16(17-4)18-11-12-20(5)15-9-7-6-8-10-15/h13-15H,6-12H2,1-5H3,(H2,17,18,19). The molecule has 1 aliphatic carbocycles. The van der Waals surface area contributed by atoms with Gasteiger partial charge >= 0.3 is 0 Å². The highest BCUT2D eigenvalue weighted by Crippen LogP contribution is 2.21. The van der Waals surface area contributed by atoms with Gasteiger partial charge in [-0.05, 0) is 32.7 Å². The summed E-state index contributed by atoms with van der Waals surface area (Å²) >= 11 is 0. The van der Waals surface area contributed by atoms with Gasteiger partial charge in [0.05, 0.1) is 0 Å². The minimum atomic E-state index is 0.442. The number of guanidine groups is 1. The van der Waals surface area contributed by atoms with Crippen LogP contribution in [-0.4, -0.2) is 50.1 Å². The fraction of sp³-hybridized carbons (Fsp3) is 0.938. The molecule has 4 heteroatoms. The second-order valence-corrected chi connectivity index (χ2v) is 6.45. The molecule has 2 N–H and O–H groups in total. The first kappa shape index (κ1) is 17.3. The molecule has 0 aromatic heterocycles. The van der Waals surface area contributed by atoms with Gasteiger partial charge in [-0.3, -0.25) is 4.99 Å². The SMILES string of the molecule is CN=C(NCCN(C)C1CCCCC1)NC(C)C(C)C. The van der Waals surface area contributed by atoms with Crippen molar-refractivity contribution in [1.29, 1.82) is 0 Å². The number of hydrogen-bond acceptors (Lipinski definition) is 2. The fourth-order valence-electron chi connectivity index (χ4n) is 2.63. The summed E-state index contributed by atoms with van der Waals surface area (Å²) in [6.45, 7) is 8.69. The lowest BCUT2D eigenvalue weighted by Gasteiger charge is -2.31. The van der Waals surface area contributed by atoms with Gasteiger partial charge in [0.1, 0.15) is 0 Å². The lowest BCUT2D eigenvalue weighted by molar-refractivity contribution is 0.194. The van der Waals surface area contributed by atoms with Gasteiger partial charge in [0.15, 0.2) is 5.96 Å². The molecule has 0 aromatic carbocycles. The molecule has 0 aromatic rings. The second kappa shape index (κ2) is 9.22. The third kappa shape index (κ3) is 6.12. The van der Waals surface area contributed by atoms with Crippen LogP contribution in [0, 0.1) is 5.92 Å². The largest absolute Gasteiger partial charge is 0.355 e. The maximum Gasteiger partial charge on any atom is 0.191 e. The van der Waals surface area contributed by atoms with Crippen molar-refractivity contribution in [1.82, 2.24) is 15.5 Å². The molecule has 0 heterocycles. The van der Waals surface area contributed by atoms with Crippen molar-refractivity contribution in [3.8, 4) is 0 Å². The zero-order valence-electron chi connectivity index (χ0n) is 14.1. The van der Waals surface area contributed by atoms with Crippen LogP contribution in [0.1, 0.15) is 52.9 Å². The lowest BCUT2D eigenvalue weighted by atomic mass is 9.94. The average Bonchev–Trinajstić information content (AvgIpc) is 2.46. The molecule has 0 spiro atoms. The molecular weight excluding hydrogens is 248 g/mol. The van der Waals surface area contributed by atoms with E-state index in [1.165, 1.54) is 32.1 Å². The average molecular weight is 282 g/mol. The Morgan fingerprint density at radius 2 is 1.85 bits per heavy atom. The van der Waals surface area contributed by atoms with Crippen LogP contribution in [0.4, 0.5) is 0 Å². The summed E-state index contributed by atoms with van der Waals surface area (Å²) in [4.78, 5) is 6.80. The molecule has 1 fully saturated rings. The molecule has 1 unspecified atom stereocenters. The molecule has 0 radical (unpaired) electrons. The predicted molar refractivity (Wildman–Crippen MR) is 88.3 cm³/mol. The third-order valence-corrected chi connectivity index (χ3v) is 4.54. The normalized spacial score (nSPS) is 19.4. The monoisotopic (exact) mass is 282 g/mol. The highest BCUT2D eigenvalue weighted by molar-refractivity contribution is 5.79. The molecule has 118 valence electrons. The molecule has 1 rings (SSSR count). The Bertz CT molecular complexity index is 282. The molecule has 0 bridgehead atoms. The van der Waals surface area contributed by atoms with Crippen LogP contribution in [-0.2, 0) is 0 Å². The van der Waals surface area contributed by atoms with Crippen LogP contribution in [0.5, 0.6) is 0 Å². The van der Waals surface area contributed by atoms with Crippen molar-refractivity contribution >= 4 is 5.96 Å². The lowest BCUT2D eigenvalue weighted by Crippen LogP contribution is -2.47. The van der Waals surface area contributed by atoms with Crippen molar-refractivity contribution < 1.29 is 0 Å². The van der Waals surface area contributed by atoms with Gasteiger partial charge in [-0.1, -0.05) is 33.1 Å². The van der Waals surface area contributed by atoms with E-state index in [0.29, 0.717) is 12.0 Å². The Kier molecular flexibility index (Phi) is 7.97. The zero-order chi connectivity index (χ0) is 15.0. The summed E-state index contributed by atoms with van der Waals surface area (Å²) < 4.78 is 0. The van der Waals surface area contributed by atoms with Crippen LogP contribution >= 0.6 is 0 Å². The van der Waals surface area contributed by atoms with E-state index >= 15 is 0 Å². The van der Waals surface area contributed by atoms with E-state index < -0.39 is 0 Å². The minimum Gasteiger partial charge on any atom is -0.355 e. The van der Waals surface area contributed by atoms with Gasteiger partial charge in [-0.15, -0.1) is 0 Å². The first-order valence-electron chi connectivity index (χ1n) is 8.22. The van der Waals surface area contributed by atoms with E-state index in [1.54, 1.807) is 0 Å².